The number of hydrogen-bond donors (Lipinski definition) is 0. The molecule has 0 aliphatic carbocycles. The van der Waals surface area contributed by atoms with Gasteiger partial charge in [0.2, 0.25) is 0 Å². The molecule has 6 radical (unpaired) electrons. The van der Waals surface area contributed by atoms with Gasteiger partial charge in [0.05, 0.1) is 0 Å². The fourth-order valence-corrected chi connectivity index (χ4v) is 2.81. The third-order valence-corrected chi connectivity index (χ3v) is 5.62. The minimum Gasteiger partial charge on any atom is -0.196 e. The second-order valence-electron chi connectivity index (χ2n) is 12.2. The molecule has 2 rings (SSSR count). The Bertz CT molecular complexity index is 569. The molecule has 39 heavy (non-hydrogen) atoms. The summed E-state index contributed by atoms with van der Waals surface area (Å²) in [5.74, 6) is 0. The van der Waals surface area contributed by atoms with Crippen LogP contribution in [0, 0.1) is 69.2 Å². The standard InChI is InChI=1S/2C10H15.4C3H9P.2Ga.Mo/c2*1-6-7(2)9(4)10(5)8(6)3;4*1-4(2)3;;;/h2*1-5H3;4*1-3H3;;;/q2*-1;;;;;;;/p+4. The molecule has 0 amide bonds. The summed E-state index contributed by atoms with van der Waals surface area (Å²) in [4.78, 5) is 0. The summed E-state index contributed by atoms with van der Waals surface area (Å²) < 4.78 is 0. The van der Waals surface area contributed by atoms with Gasteiger partial charge >= 0.3 is 0 Å². The minimum absolute atomic E-state index is 0. The zero-order chi connectivity index (χ0) is 30.1. The fraction of sp³-hybridized carbons (Fsp3) is 0.688. The van der Waals surface area contributed by atoms with E-state index in [9.17, 15) is 0 Å². The molecular weight excluding hydrogens is 744 g/mol. The maximum atomic E-state index is 2.27. The van der Waals surface area contributed by atoms with Crippen LogP contribution in [0.1, 0.15) is 55.6 Å². The molecule has 2 aromatic carbocycles. The first-order chi connectivity index (χ1) is 16.0. The van der Waals surface area contributed by atoms with E-state index in [2.05, 4.69) is 149 Å². The molecule has 0 fully saturated rings. The molecule has 0 nitrogen and oxygen atoms in total. The Morgan fingerprint density at radius 2 is 0.410 bits per heavy atom. The van der Waals surface area contributed by atoms with E-state index < -0.39 is 0 Å². The normalized spacial score (nSPS) is 9.08. The molecule has 2 aromatic rings. The van der Waals surface area contributed by atoms with Crippen molar-refractivity contribution in [3.8, 4) is 0 Å². The summed E-state index contributed by atoms with van der Waals surface area (Å²) in [6.45, 7) is 49.2. The predicted octanol–water partition coefficient (Wildman–Crippen LogP) is 9.49. The van der Waals surface area contributed by atoms with Crippen LogP contribution in [0.4, 0.5) is 0 Å². The van der Waals surface area contributed by atoms with E-state index >= 15 is 0 Å². The average Bonchev–Trinajstić information content (AvgIpc) is 2.97. The van der Waals surface area contributed by atoms with Crippen LogP contribution in [0.25, 0.3) is 0 Å². The van der Waals surface area contributed by atoms with Gasteiger partial charge in [0.15, 0.2) is 0 Å². The van der Waals surface area contributed by atoms with Gasteiger partial charge < -0.3 is 0 Å². The summed E-state index contributed by atoms with van der Waals surface area (Å²) in [7, 11) is 0.481. The summed E-state index contributed by atoms with van der Waals surface area (Å²) in [5.41, 5.74) is 14.7. The van der Waals surface area contributed by atoms with E-state index in [0.29, 0.717) is 0 Å². The van der Waals surface area contributed by atoms with Crippen LogP contribution >= 0.6 is 31.7 Å². The second-order valence-corrected chi connectivity index (χ2v) is 24.2. The van der Waals surface area contributed by atoms with E-state index in [-0.39, 0.29) is 92.3 Å². The van der Waals surface area contributed by atoms with Crippen molar-refractivity contribution < 1.29 is 21.1 Å². The van der Waals surface area contributed by atoms with Gasteiger partial charge in [0, 0.05) is 141 Å². The van der Waals surface area contributed by atoms with Crippen molar-refractivity contribution in [1.82, 2.24) is 0 Å². The molecule has 0 unspecified atom stereocenters. The van der Waals surface area contributed by atoms with Crippen molar-refractivity contribution in [2.45, 2.75) is 69.2 Å². The van der Waals surface area contributed by atoms with Crippen LogP contribution in [-0.4, -0.2) is 120 Å². The SMILES string of the molecule is C[PH+](C)C.C[PH+](C)C.C[PH+](C)C.C[PH+](C)C.Cc1c(C)c(C)[c-](C)c1C.Cc1c(C)c(C)[c-](C)c1C.[Ga].[Ga].[Mo]. The Kier molecular flexibility index (Phi) is 46.5. The van der Waals surface area contributed by atoms with Gasteiger partial charge in [0.25, 0.3) is 0 Å². The van der Waals surface area contributed by atoms with E-state index in [1.165, 1.54) is 55.6 Å². The molecule has 0 aromatic heterocycles. The molecular formula is C32H70Ga2MoP4+2. The zero-order valence-corrected chi connectivity index (χ0v) is 41.4. The fourth-order valence-electron chi connectivity index (χ4n) is 2.81. The molecule has 0 atom stereocenters. The molecule has 228 valence electrons. The van der Waals surface area contributed by atoms with Gasteiger partial charge in [-0.15, -0.1) is 0 Å². The molecule has 7 heteroatoms. The molecule has 0 spiro atoms. The van der Waals surface area contributed by atoms with Gasteiger partial charge in [-0.25, -0.2) is 0 Å². The van der Waals surface area contributed by atoms with Gasteiger partial charge in [-0.3, -0.25) is 0 Å². The summed E-state index contributed by atoms with van der Waals surface area (Å²) >= 11 is 0. The quantitative estimate of drug-likeness (QED) is 0.141. The van der Waals surface area contributed by atoms with E-state index in [0.717, 1.165) is 0 Å². The Hall–Kier alpha value is 2.38. The Labute approximate surface area is 294 Å². The van der Waals surface area contributed by atoms with Crippen molar-refractivity contribution in [3.63, 3.8) is 0 Å². The first-order valence-electron chi connectivity index (χ1n) is 13.5. The van der Waals surface area contributed by atoms with Crippen molar-refractivity contribution in [1.29, 1.82) is 0 Å². The first-order valence-corrected chi connectivity index (χ1v) is 25.5. The van der Waals surface area contributed by atoms with Gasteiger partial charge in [0.1, 0.15) is 0 Å². The Morgan fingerprint density at radius 3 is 0.436 bits per heavy atom. The van der Waals surface area contributed by atoms with Crippen molar-refractivity contribution in [3.05, 3.63) is 55.6 Å². The molecule has 0 N–H and O–H groups in total. The van der Waals surface area contributed by atoms with Crippen LogP contribution in [0.2, 0.25) is 0 Å². The number of hydrogen-bond acceptors (Lipinski definition) is 0. The third-order valence-electron chi connectivity index (χ3n) is 5.62. The van der Waals surface area contributed by atoms with E-state index in [4.69, 9.17) is 0 Å². The van der Waals surface area contributed by atoms with E-state index in [1.807, 2.05) is 0 Å². The second kappa shape index (κ2) is 31.8. The van der Waals surface area contributed by atoms with Gasteiger partial charge in [-0.05, 0) is 31.7 Å². The molecule has 0 bridgehead atoms. The van der Waals surface area contributed by atoms with Crippen LogP contribution < -0.4 is 0 Å². The van der Waals surface area contributed by atoms with Crippen LogP contribution in [0.5, 0.6) is 0 Å². The summed E-state index contributed by atoms with van der Waals surface area (Å²) in [5, 5.41) is 0. The third kappa shape index (κ3) is 33.1. The largest absolute Gasteiger partial charge is 0.196 e. The van der Waals surface area contributed by atoms with Crippen LogP contribution in [-0.2, 0) is 21.1 Å². The van der Waals surface area contributed by atoms with Crippen molar-refractivity contribution >= 4 is 71.3 Å². The average molecular weight is 814 g/mol. The maximum Gasteiger partial charge on any atom is 0.0461 e. The molecule has 0 aliphatic heterocycles. The zero-order valence-electron chi connectivity index (χ0n) is 30.6. The summed E-state index contributed by atoms with van der Waals surface area (Å²) in [6, 6.07) is 0. The van der Waals surface area contributed by atoms with Gasteiger partial charge in [-0.2, -0.15) is 55.6 Å². The topological polar surface area (TPSA) is 0 Å². The molecule has 0 heterocycles. The number of rotatable bonds is 0. The van der Waals surface area contributed by atoms with Crippen LogP contribution in [0.15, 0.2) is 0 Å². The Morgan fingerprint density at radius 1 is 0.333 bits per heavy atom. The maximum absolute atomic E-state index is 2.27. The Balaban J connectivity index is -0.0000000661. The van der Waals surface area contributed by atoms with Crippen LogP contribution in [0.3, 0.4) is 0 Å². The summed E-state index contributed by atoms with van der Waals surface area (Å²) in [6.07, 6.45) is 0. The van der Waals surface area contributed by atoms with Crippen molar-refractivity contribution in [2.24, 2.45) is 0 Å². The first kappa shape index (κ1) is 57.1. The van der Waals surface area contributed by atoms with Crippen molar-refractivity contribution in [2.75, 3.05) is 80.0 Å². The predicted molar refractivity (Wildman–Crippen MR) is 207 cm³/mol. The monoisotopic (exact) mass is 814 g/mol. The van der Waals surface area contributed by atoms with E-state index in [1.54, 1.807) is 0 Å². The van der Waals surface area contributed by atoms with Gasteiger partial charge in [-0.1, -0.05) is 69.2 Å². The molecule has 0 saturated carbocycles. The molecule has 0 saturated heterocycles. The minimum atomic E-state index is 0. The smallest absolute Gasteiger partial charge is 0.0461 e. The molecule has 0 aliphatic rings.